The molecule has 0 heterocycles. The average Bonchev–Trinajstić information content (AvgIpc) is 2.04. The standard InChI is InChI=1S/C11H11F/c1-8-4-2-5-9-6-3-7-10(12)11(8)9/h2-6,10H,7H2,1H3. The molecule has 0 aromatic heterocycles. The Bertz CT molecular complexity index is 326. The molecule has 0 saturated heterocycles. The van der Waals surface area contributed by atoms with Crippen molar-refractivity contribution in [1.82, 2.24) is 0 Å². The molecule has 1 heteroatoms. The monoisotopic (exact) mass is 162 g/mol. The third-order valence-corrected chi connectivity index (χ3v) is 2.31. The Balaban J connectivity index is 2.62. The van der Waals surface area contributed by atoms with Crippen LogP contribution < -0.4 is 0 Å². The Morgan fingerprint density at radius 3 is 3.00 bits per heavy atom. The molecule has 1 unspecified atom stereocenters. The van der Waals surface area contributed by atoms with E-state index in [1.807, 2.05) is 37.3 Å². The number of aryl methyl sites for hydroxylation is 1. The molecule has 0 N–H and O–H groups in total. The van der Waals surface area contributed by atoms with Crippen LogP contribution in [0.3, 0.4) is 0 Å². The second-order valence-electron chi connectivity index (χ2n) is 3.18. The quantitative estimate of drug-likeness (QED) is 0.548. The number of fused-ring (bicyclic) bond motifs is 1. The first-order valence-electron chi connectivity index (χ1n) is 4.19. The zero-order valence-corrected chi connectivity index (χ0v) is 7.05. The van der Waals surface area contributed by atoms with Crippen molar-refractivity contribution in [2.24, 2.45) is 0 Å². The molecule has 1 aliphatic rings. The van der Waals surface area contributed by atoms with Crippen LogP contribution in [0.5, 0.6) is 0 Å². The fourth-order valence-corrected chi connectivity index (χ4v) is 1.71. The zero-order valence-electron chi connectivity index (χ0n) is 7.05. The van der Waals surface area contributed by atoms with Crippen LogP contribution in [-0.2, 0) is 0 Å². The van der Waals surface area contributed by atoms with E-state index in [-0.39, 0.29) is 0 Å². The molecule has 0 aliphatic heterocycles. The number of benzene rings is 1. The van der Waals surface area contributed by atoms with Crippen LogP contribution in [0.2, 0.25) is 0 Å². The van der Waals surface area contributed by atoms with Crippen LogP contribution in [-0.4, -0.2) is 0 Å². The predicted octanol–water partition coefficient (Wildman–Crippen LogP) is 3.42. The average molecular weight is 162 g/mol. The van der Waals surface area contributed by atoms with Gasteiger partial charge in [-0.15, -0.1) is 0 Å². The first-order valence-corrected chi connectivity index (χ1v) is 4.19. The predicted molar refractivity (Wildman–Crippen MR) is 48.7 cm³/mol. The van der Waals surface area contributed by atoms with Gasteiger partial charge in [0.05, 0.1) is 0 Å². The van der Waals surface area contributed by atoms with E-state index < -0.39 is 6.17 Å². The summed E-state index contributed by atoms with van der Waals surface area (Å²) in [6.07, 6.45) is 3.62. The van der Waals surface area contributed by atoms with Crippen LogP contribution in [0.25, 0.3) is 6.08 Å². The maximum atomic E-state index is 13.4. The molecule has 1 aromatic rings. The van der Waals surface area contributed by atoms with Crippen molar-refractivity contribution in [3.05, 3.63) is 41.0 Å². The van der Waals surface area contributed by atoms with Crippen molar-refractivity contribution < 1.29 is 4.39 Å². The van der Waals surface area contributed by atoms with E-state index >= 15 is 0 Å². The van der Waals surface area contributed by atoms with Crippen molar-refractivity contribution in [3.8, 4) is 0 Å². The molecule has 12 heavy (non-hydrogen) atoms. The van der Waals surface area contributed by atoms with Crippen molar-refractivity contribution >= 4 is 6.08 Å². The highest BCUT2D eigenvalue weighted by molar-refractivity contribution is 5.59. The van der Waals surface area contributed by atoms with Crippen molar-refractivity contribution in [2.75, 3.05) is 0 Å². The lowest BCUT2D eigenvalue weighted by Crippen LogP contribution is -2.00. The lowest BCUT2D eigenvalue weighted by molar-refractivity contribution is 0.344. The normalized spacial score (nSPS) is 20.7. The summed E-state index contributed by atoms with van der Waals surface area (Å²) in [5.74, 6) is 0. The molecule has 0 radical (unpaired) electrons. The molecule has 0 fully saturated rings. The fourth-order valence-electron chi connectivity index (χ4n) is 1.71. The van der Waals surface area contributed by atoms with E-state index in [0.29, 0.717) is 6.42 Å². The number of halogens is 1. The Hall–Kier alpha value is -1.11. The summed E-state index contributed by atoms with van der Waals surface area (Å²) in [5, 5.41) is 0. The molecule has 0 nitrogen and oxygen atoms in total. The fraction of sp³-hybridized carbons (Fsp3) is 0.273. The van der Waals surface area contributed by atoms with Crippen LogP contribution in [0.4, 0.5) is 4.39 Å². The number of allylic oxidation sites excluding steroid dienone is 1. The Labute approximate surface area is 71.7 Å². The molecule has 0 bridgehead atoms. The summed E-state index contributed by atoms with van der Waals surface area (Å²) in [6.45, 7) is 1.96. The third kappa shape index (κ3) is 1.06. The molecule has 0 saturated carbocycles. The van der Waals surface area contributed by atoms with E-state index in [9.17, 15) is 4.39 Å². The minimum absolute atomic E-state index is 0.526. The summed E-state index contributed by atoms with van der Waals surface area (Å²) in [6, 6.07) is 5.89. The summed E-state index contributed by atoms with van der Waals surface area (Å²) < 4.78 is 13.4. The van der Waals surface area contributed by atoms with E-state index in [2.05, 4.69) is 0 Å². The van der Waals surface area contributed by atoms with Crippen LogP contribution in [0, 0.1) is 6.92 Å². The Morgan fingerprint density at radius 2 is 2.25 bits per heavy atom. The number of rotatable bonds is 0. The second kappa shape index (κ2) is 2.74. The molecule has 0 amide bonds. The van der Waals surface area contributed by atoms with Gasteiger partial charge < -0.3 is 0 Å². The van der Waals surface area contributed by atoms with Gasteiger partial charge in [-0.1, -0.05) is 30.4 Å². The van der Waals surface area contributed by atoms with Gasteiger partial charge in [0.1, 0.15) is 6.17 Å². The molecular weight excluding hydrogens is 151 g/mol. The van der Waals surface area contributed by atoms with Crippen LogP contribution in [0.1, 0.15) is 29.3 Å². The smallest absolute Gasteiger partial charge is 0.129 e. The molecular formula is C11H11F. The minimum Gasteiger partial charge on any atom is -0.242 e. The molecule has 1 atom stereocenters. The summed E-state index contributed by atoms with van der Waals surface area (Å²) in [5.41, 5.74) is 2.97. The van der Waals surface area contributed by atoms with Gasteiger partial charge in [-0.05, 0) is 23.6 Å². The topological polar surface area (TPSA) is 0 Å². The van der Waals surface area contributed by atoms with Gasteiger partial charge in [0.25, 0.3) is 0 Å². The van der Waals surface area contributed by atoms with Gasteiger partial charge in [-0.3, -0.25) is 0 Å². The maximum absolute atomic E-state index is 13.4. The second-order valence-corrected chi connectivity index (χ2v) is 3.18. The first-order chi connectivity index (χ1) is 5.79. The summed E-state index contributed by atoms with van der Waals surface area (Å²) in [4.78, 5) is 0. The minimum atomic E-state index is -0.800. The van der Waals surface area contributed by atoms with E-state index in [1.54, 1.807) is 0 Å². The highest BCUT2D eigenvalue weighted by atomic mass is 19.1. The summed E-state index contributed by atoms with van der Waals surface area (Å²) >= 11 is 0. The van der Waals surface area contributed by atoms with Gasteiger partial charge in [-0.25, -0.2) is 4.39 Å². The Morgan fingerprint density at radius 1 is 1.42 bits per heavy atom. The summed E-state index contributed by atoms with van der Waals surface area (Å²) in [7, 11) is 0. The zero-order chi connectivity index (χ0) is 8.55. The first kappa shape index (κ1) is 7.53. The van der Waals surface area contributed by atoms with E-state index in [0.717, 1.165) is 16.7 Å². The number of hydrogen-bond acceptors (Lipinski definition) is 0. The lowest BCUT2D eigenvalue weighted by atomic mass is 9.92. The Kier molecular flexibility index (Phi) is 1.72. The number of hydrogen-bond donors (Lipinski definition) is 0. The third-order valence-electron chi connectivity index (χ3n) is 2.31. The molecule has 0 spiro atoms. The van der Waals surface area contributed by atoms with Crippen molar-refractivity contribution in [3.63, 3.8) is 0 Å². The molecule has 1 aromatic carbocycles. The van der Waals surface area contributed by atoms with Gasteiger partial charge in [-0.2, -0.15) is 0 Å². The highest BCUT2D eigenvalue weighted by Gasteiger charge is 2.16. The largest absolute Gasteiger partial charge is 0.242 e. The maximum Gasteiger partial charge on any atom is 0.129 e. The molecule has 62 valence electrons. The highest BCUT2D eigenvalue weighted by Crippen LogP contribution is 2.32. The van der Waals surface area contributed by atoms with Crippen molar-refractivity contribution in [2.45, 2.75) is 19.5 Å². The van der Waals surface area contributed by atoms with Crippen LogP contribution >= 0.6 is 0 Å². The SMILES string of the molecule is Cc1cccc2c1C(F)CC=C2. The van der Waals surface area contributed by atoms with Gasteiger partial charge >= 0.3 is 0 Å². The van der Waals surface area contributed by atoms with E-state index in [1.165, 1.54) is 0 Å². The van der Waals surface area contributed by atoms with Crippen LogP contribution in [0.15, 0.2) is 24.3 Å². The molecule has 1 aliphatic carbocycles. The van der Waals surface area contributed by atoms with Gasteiger partial charge in [0.15, 0.2) is 0 Å². The van der Waals surface area contributed by atoms with Crippen molar-refractivity contribution in [1.29, 1.82) is 0 Å². The van der Waals surface area contributed by atoms with E-state index in [4.69, 9.17) is 0 Å². The van der Waals surface area contributed by atoms with Gasteiger partial charge in [0.2, 0.25) is 0 Å². The number of alkyl halides is 1. The molecule has 2 rings (SSSR count). The lowest BCUT2D eigenvalue weighted by Gasteiger charge is -2.16. The van der Waals surface area contributed by atoms with Gasteiger partial charge in [0, 0.05) is 6.42 Å².